The van der Waals surface area contributed by atoms with Gasteiger partial charge in [0.15, 0.2) is 0 Å². The van der Waals surface area contributed by atoms with Gasteiger partial charge in [-0.25, -0.2) is 0 Å². The number of hydrogen-bond donors (Lipinski definition) is 1. The van der Waals surface area contributed by atoms with Crippen LogP contribution >= 0.6 is 0 Å². The molecule has 0 aromatic carbocycles. The summed E-state index contributed by atoms with van der Waals surface area (Å²) >= 11 is 0. The monoisotopic (exact) mass is 196 g/mol. The van der Waals surface area contributed by atoms with Crippen LogP contribution in [0, 0.1) is 0 Å². The Morgan fingerprint density at radius 2 is 2.21 bits per heavy atom. The minimum atomic E-state index is 0.228. The van der Waals surface area contributed by atoms with Gasteiger partial charge in [0.1, 0.15) is 0 Å². The number of rotatable bonds is 2. The van der Waals surface area contributed by atoms with Crippen molar-refractivity contribution in [3.8, 4) is 0 Å². The Hall–Kier alpha value is -0.340. The Bertz CT molecular complexity index is 208. The predicted molar refractivity (Wildman–Crippen MR) is 62.5 cm³/mol. The summed E-state index contributed by atoms with van der Waals surface area (Å²) in [6.45, 7) is 16.3. The summed E-state index contributed by atoms with van der Waals surface area (Å²) in [4.78, 5) is 2.50. The summed E-state index contributed by atoms with van der Waals surface area (Å²) in [5, 5.41) is 3.65. The Morgan fingerprint density at radius 3 is 2.79 bits per heavy atom. The minimum Gasteiger partial charge on any atom is -0.308 e. The molecule has 0 spiro atoms. The maximum atomic E-state index is 3.98. The third-order valence-corrected chi connectivity index (χ3v) is 2.63. The second-order valence-electron chi connectivity index (χ2n) is 5.39. The van der Waals surface area contributed by atoms with Crippen LogP contribution in [0.25, 0.3) is 0 Å². The molecule has 1 heterocycles. The highest BCUT2D eigenvalue weighted by atomic mass is 15.2. The van der Waals surface area contributed by atoms with Crippen LogP contribution in [-0.2, 0) is 0 Å². The second-order valence-corrected chi connectivity index (χ2v) is 5.39. The Balaban J connectivity index is 2.58. The fraction of sp³-hybridized carbons (Fsp3) is 0.833. The highest BCUT2D eigenvalue weighted by Gasteiger charge is 2.26. The van der Waals surface area contributed by atoms with Crippen LogP contribution in [0.15, 0.2) is 12.2 Å². The van der Waals surface area contributed by atoms with E-state index in [0.717, 1.165) is 13.1 Å². The lowest BCUT2D eigenvalue weighted by Gasteiger charge is -2.31. The Labute approximate surface area is 88.4 Å². The van der Waals surface area contributed by atoms with Crippen LogP contribution in [0.5, 0.6) is 0 Å². The van der Waals surface area contributed by atoms with E-state index in [-0.39, 0.29) is 5.54 Å². The summed E-state index contributed by atoms with van der Waals surface area (Å²) < 4.78 is 0. The van der Waals surface area contributed by atoms with Gasteiger partial charge in [0, 0.05) is 31.2 Å². The molecule has 1 unspecified atom stereocenters. The molecule has 0 aliphatic carbocycles. The molecule has 1 saturated heterocycles. The fourth-order valence-electron chi connectivity index (χ4n) is 2.32. The lowest BCUT2D eigenvalue weighted by atomic mass is 10.0. The van der Waals surface area contributed by atoms with Crippen LogP contribution in [0.2, 0.25) is 0 Å². The molecule has 1 rings (SSSR count). The highest BCUT2D eigenvalue weighted by molar-refractivity contribution is 4.96. The molecule has 0 radical (unpaired) electrons. The maximum Gasteiger partial charge on any atom is 0.0254 e. The van der Waals surface area contributed by atoms with Gasteiger partial charge >= 0.3 is 0 Å². The van der Waals surface area contributed by atoms with Gasteiger partial charge < -0.3 is 5.32 Å². The fourth-order valence-corrected chi connectivity index (χ4v) is 2.32. The summed E-state index contributed by atoms with van der Waals surface area (Å²) in [5.74, 6) is 0. The van der Waals surface area contributed by atoms with E-state index in [4.69, 9.17) is 0 Å². The van der Waals surface area contributed by atoms with Crippen molar-refractivity contribution in [3.63, 3.8) is 0 Å². The van der Waals surface area contributed by atoms with E-state index in [1.807, 2.05) is 0 Å². The van der Waals surface area contributed by atoms with Crippen LogP contribution in [-0.4, -0.2) is 36.1 Å². The summed E-state index contributed by atoms with van der Waals surface area (Å²) in [6.07, 6.45) is 1.23. The molecular formula is C12H24N2. The van der Waals surface area contributed by atoms with Gasteiger partial charge in [0.2, 0.25) is 0 Å². The first kappa shape index (κ1) is 11.7. The molecule has 1 atom stereocenters. The van der Waals surface area contributed by atoms with Crippen molar-refractivity contribution in [2.24, 2.45) is 0 Å². The molecule has 1 fully saturated rings. The molecule has 0 bridgehead atoms. The summed E-state index contributed by atoms with van der Waals surface area (Å²) in [7, 11) is 0. The first-order chi connectivity index (χ1) is 6.39. The Morgan fingerprint density at radius 1 is 1.57 bits per heavy atom. The van der Waals surface area contributed by atoms with Crippen molar-refractivity contribution in [3.05, 3.63) is 12.2 Å². The van der Waals surface area contributed by atoms with Crippen LogP contribution in [0.4, 0.5) is 0 Å². The van der Waals surface area contributed by atoms with E-state index in [0.29, 0.717) is 6.04 Å². The number of hydrogen-bond acceptors (Lipinski definition) is 2. The molecular weight excluding hydrogens is 172 g/mol. The molecule has 1 N–H and O–H groups in total. The third-order valence-electron chi connectivity index (χ3n) is 2.63. The topological polar surface area (TPSA) is 15.3 Å². The molecule has 0 aromatic heterocycles. The van der Waals surface area contributed by atoms with Gasteiger partial charge in [-0.15, -0.1) is 0 Å². The molecule has 1 aliphatic heterocycles. The zero-order valence-electron chi connectivity index (χ0n) is 10.1. The average Bonchev–Trinajstić information content (AvgIpc) is 2.07. The molecule has 1 aliphatic rings. The normalized spacial score (nSPS) is 28.4. The van der Waals surface area contributed by atoms with E-state index in [2.05, 4.69) is 44.5 Å². The van der Waals surface area contributed by atoms with Crippen LogP contribution < -0.4 is 5.32 Å². The SMILES string of the molecule is C=C(C)CN1CCC(C)NC(C)(C)C1. The van der Waals surface area contributed by atoms with E-state index in [9.17, 15) is 0 Å². The second kappa shape index (κ2) is 4.45. The van der Waals surface area contributed by atoms with Crippen molar-refractivity contribution in [1.29, 1.82) is 0 Å². The summed E-state index contributed by atoms with van der Waals surface area (Å²) in [5.41, 5.74) is 1.49. The predicted octanol–water partition coefficient (Wildman–Crippen LogP) is 2.02. The standard InChI is InChI=1S/C12H24N2/c1-10(2)8-14-7-6-11(3)13-12(4,5)9-14/h11,13H,1,6-9H2,2-5H3. The van der Waals surface area contributed by atoms with Gasteiger partial charge in [0.05, 0.1) is 0 Å². The summed E-state index contributed by atoms with van der Waals surface area (Å²) in [6, 6.07) is 0.625. The Kier molecular flexibility index (Phi) is 3.73. The molecule has 2 nitrogen and oxygen atoms in total. The van der Waals surface area contributed by atoms with Gasteiger partial charge in [-0.3, -0.25) is 4.90 Å². The zero-order valence-corrected chi connectivity index (χ0v) is 10.1. The molecule has 14 heavy (non-hydrogen) atoms. The smallest absolute Gasteiger partial charge is 0.0254 e. The van der Waals surface area contributed by atoms with E-state index >= 15 is 0 Å². The van der Waals surface area contributed by atoms with Gasteiger partial charge in [-0.05, 0) is 34.1 Å². The maximum absolute atomic E-state index is 3.98. The largest absolute Gasteiger partial charge is 0.308 e. The molecule has 0 saturated carbocycles. The van der Waals surface area contributed by atoms with E-state index < -0.39 is 0 Å². The molecule has 0 amide bonds. The lowest BCUT2D eigenvalue weighted by molar-refractivity contribution is 0.245. The minimum absolute atomic E-state index is 0.228. The zero-order chi connectivity index (χ0) is 10.8. The highest BCUT2D eigenvalue weighted by Crippen LogP contribution is 2.14. The quantitative estimate of drug-likeness (QED) is 0.680. The third kappa shape index (κ3) is 3.81. The van der Waals surface area contributed by atoms with E-state index in [1.54, 1.807) is 0 Å². The molecule has 0 aromatic rings. The first-order valence-electron chi connectivity index (χ1n) is 5.53. The first-order valence-corrected chi connectivity index (χ1v) is 5.53. The van der Waals surface area contributed by atoms with Crippen molar-refractivity contribution >= 4 is 0 Å². The molecule has 2 heteroatoms. The van der Waals surface area contributed by atoms with Gasteiger partial charge in [-0.2, -0.15) is 0 Å². The lowest BCUT2D eigenvalue weighted by Crippen LogP contribution is -2.48. The average molecular weight is 196 g/mol. The van der Waals surface area contributed by atoms with Crippen molar-refractivity contribution in [2.45, 2.75) is 45.7 Å². The van der Waals surface area contributed by atoms with Gasteiger partial charge in [0.25, 0.3) is 0 Å². The van der Waals surface area contributed by atoms with Crippen molar-refractivity contribution in [2.75, 3.05) is 19.6 Å². The van der Waals surface area contributed by atoms with Gasteiger partial charge in [-0.1, -0.05) is 12.2 Å². The van der Waals surface area contributed by atoms with E-state index in [1.165, 1.54) is 18.5 Å². The van der Waals surface area contributed by atoms with Crippen LogP contribution in [0.3, 0.4) is 0 Å². The number of nitrogens with zero attached hydrogens (tertiary/aromatic N) is 1. The van der Waals surface area contributed by atoms with Crippen molar-refractivity contribution < 1.29 is 0 Å². The number of nitrogens with one attached hydrogen (secondary N) is 1. The van der Waals surface area contributed by atoms with Crippen LogP contribution in [0.1, 0.15) is 34.1 Å². The van der Waals surface area contributed by atoms with Crippen molar-refractivity contribution in [1.82, 2.24) is 10.2 Å². The molecule has 82 valence electrons.